The molecule has 0 saturated heterocycles. The Balaban J connectivity index is 2.36. The topological polar surface area (TPSA) is 40.5 Å². The van der Waals surface area contributed by atoms with Gasteiger partial charge in [-0.15, -0.1) is 0 Å². The number of hydrogen-bond donors (Lipinski definition) is 2. The Hall–Kier alpha value is 0.220. The molecule has 0 aromatic rings. The SMILES string of the molecule is OP1(O)=C2CCCCC1CC2. The van der Waals surface area contributed by atoms with Crippen LogP contribution in [0.4, 0.5) is 0 Å². The molecule has 0 aromatic carbocycles. The molecule has 2 nitrogen and oxygen atoms in total. The van der Waals surface area contributed by atoms with Crippen LogP contribution in [-0.4, -0.2) is 20.7 Å². The Morgan fingerprint density at radius 2 is 1.91 bits per heavy atom. The van der Waals surface area contributed by atoms with E-state index in [-0.39, 0.29) is 5.66 Å². The van der Waals surface area contributed by atoms with E-state index in [1.54, 1.807) is 0 Å². The summed E-state index contributed by atoms with van der Waals surface area (Å²) >= 11 is 0. The van der Waals surface area contributed by atoms with Crippen molar-refractivity contribution in [3.8, 4) is 0 Å². The second kappa shape index (κ2) is 2.62. The van der Waals surface area contributed by atoms with Crippen molar-refractivity contribution in [3.05, 3.63) is 0 Å². The Bertz CT molecular complexity index is 216. The van der Waals surface area contributed by atoms with Gasteiger partial charge >= 0.3 is 0 Å². The minimum atomic E-state index is -2.53. The third kappa shape index (κ3) is 1.18. The minimum Gasteiger partial charge on any atom is -0.353 e. The molecule has 2 aliphatic rings. The van der Waals surface area contributed by atoms with Crippen molar-refractivity contribution in [1.82, 2.24) is 0 Å². The maximum atomic E-state index is 9.78. The third-order valence-corrected chi connectivity index (χ3v) is 5.91. The molecule has 2 rings (SSSR count). The van der Waals surface area contributed by atoms with Gasteiger partial charge in [-0.1, -0.05) is 6.42 Å². The third-order valence-electron chi connectivity index (χ3n) is 2.99. The van der Waals surface area contributed by atoms with Crippen molar-refractivity contribution in [2.24, 2.45) is 0 Å². The standard InChI is InChI=1S/C8H15O2P/c9-11(10)7-3-1-2-4-8(11)6-5-7/h7,9-10H,1-6H2. The summed E-state index contributed by atoms with van der Waals surface area (Å²) in [5.74, 6) is 0. The van der Waals surface area contributed by atoms with E-state index in [2.05, 4.69) is 0 Å². The summed E-state index contributed by atoms with van der Waals surface area (Å²) in [6, 6.07) is 0. The van der Waals surface area contributed by atoms with Gasteiger partial charge in [0.25, 0.3) is 0 Å². The summed E-state index contributed by atoms with van der Waals surface area (Å²) in [5.41, 5.74) is 0.250. The molecular formula is C8H15O2P. The van der Waals surface area contributed by atoms with Crippen LogP contribution in [0.2, 0.25) is 0 Å². The molecule has 1 unspecified atom stereocenters. The summed E-state index contributed by atoms with van der Waals surface area (Å²) in [7, 11) is -2.53. The van der Waals surface area contributed by atoms with Crippen molar-refractivity contribution < 1.29 is 9.79 Å². The van der Waals surface area contributed by atoms with Gasteiger partial charge in [0.1, 0.15) is 7.34 Å². The quantitative estimate of drug-likeness (QED) is 0.549. The van der Waals surface area contributed by atoms with E-state index in [0.717, 1.165) is 31.0 Å². The molecule has 2 bridgehead atoms. The lowest BCUT2D eigenvalue weighted by Crippen LogP contribution is -2.02. The molecule has 3 heteroatoms. The Morgan fingerprint density at radius 3 is 2.73 bits per heavy atom. The van der Waals surface area contributed by atoms with E-state index in [4.69, 9.17) is 0 Å². The number of rotatable bonds is 0. The van der Waals surface area contributed by atoms with E-state index in [9.17, 15) is 9.79 Å². The fourth-order valence-corrected chi connectivity index (χ4v) is 4.75. The van der Waals surface area contributed by atoms with E-state index in [0.29, 0.717) is 0 Å². The van der Waals surface area contributed by atoms with Gasteiger partial charge < -0.3 is 9.79 Å². The summed E-state index contributed by atoms with van der Waals surface area (Å²) in [5, 5.41) is 1.10. The second-order valence-electron chi connectivity index (χ2n) is 3.65. The highest BCUT2D eigenvalue weighted by Crippen LogP contribution is 2.56. The molecule has 0 aliphatic carbocycles. The first kappa shape index (κ1) is 7.85. The molecule has 0 saturated carbocycles. The molecule has 0 aromatic heterocycles. The van der Waals surface area contributed by atoms with Crippen LogP contribution in [0, 0.1) is 0 Å². The zero-order valence-corrected chi connectivity index (χ0v) is 7.56. The first-order valence-electron chi connectivity index (χ1n) is 4.41. The van der Waals surface area contributed by atoms with Crippen LogP contribution in [-0.2, 0) is 0 Å². The van der Waals surface area contributed by atoms with Gasteiger partial charge in [0, 0.05) is 5.66 Å². The average Bonchev–Trinajstić information content (AvgIpc) is 2.00. The smallest absolute Gasteiger partial charge is 0.121 e. The highest BCUT2D eigenvalue weighted by Gasteiger charge is 2.35. The highest BCUT2D eigenvalue weighted by atomic mass is 31.2. The molecule has 0 fully saturated rings. The average molecular weight is 174 g/mol. The van der Waals surface area contributed by atoms with Crippen molar-refractivity contribution in [3.63, 3.8) is 0 Å². The molecule has 2 N–H and O–H groups in total. The molecule has 11 heavy (non-hydrogen) atoms. The fraction of sp³-hybridized carbons (Fsp3) is 0.875. The van der Waals surface area contributed by atoms with E-state index in [1.165, 1.54) is 12.8 Å². The highest BCUT2D eigenvalue weighted by molar-refractivity contribution is 7.66. The van der Waals surface area contributed by atoms with Gasteiger partial charge in [0.05, 0.1) is 0 Å². The molecule has 1 atom stereocenters. The summed E-state index contributed by atoms with van der Waals surface area (Å²) in [6.07, 6.45) is 6.43. The van der Waals surface area contributed by atoms with Crippen LogP contribution in [0.25, 0.3) is 0 Å². The van der Waals surface area contributed by atoms with Crippen LogP contribution >= 0.6 is 7.34 Å². The Morgan fingerprint density at radius 1 is 1.09 bits per heavy atom. The zero-order chi connectivity index (χ0) is 7.90. The second-order valence-corrected chi connectivity index (χ2v) is 6.32. The molecular weight excluding hydrogens is 159 g/mol. The van der Waals surface area contributed by atoms with E-state index < -0.39 is 7.34 Å². The van der Waals surface area contributed by atoms with Crippen molar-refractivity contribution in [2.45, 2.75) is 44.2 Å². The van der Waals surface area contributed by atoms with Gasteiger partial charge in [-0.2, -0.15) is 0 Å². The molecule has 64 valence electrons. The van der Waals surface area contributed by atoms with Crippen molar-refractivity contribution in [1.29, 1.82) is 0 Å². The van der Waals surface area contributed by atoms with E-state index in [1.807, 2.05) is 0 Å². The monoisotopic (exact) mass is 174 g/mol. The zero-order valence-electron chi connectivity index (χ0n) is 6.66. The largest absolute Gasteiger partial charge is 0.353 e. The lowest BCUT2D eigenvalue weighted by Gasteiger charge is -2.17. The van der Waals surface area contributed by atoms with Crippen LogP contribution < -0.4 is 0 Å². The summed E-state index contributed by atoms with van der Waals surface area (Å²) < 4.78 is 0. The fourth-order valence-electron chi connectivity index (χ4n) is 2.26. The predicted molar refractivity (Wildman–Crippen MR) is 47.9 cm³/mol. The molecule has 0 spiro atoms. The van der Waals surface area contributed by atoms with Crippen molar-refractivity contribution >= 4 is 12.6 Å². The maximum absolute atomic E-state index is 9.78. The van der Waals surface area contributed by atoms with Gasteiger partial charge in [0.15, 0.2) is 0 Å². The Labute approximate surface area is 67.4 Å². The van der Waals surface area contributed by atoms with Gasteiger partial charge in [0.2, 0.25) is 0 Å². The van der Waals surface area contributed by atoms with Gasteiger partial charge in [-0.3, -0.25) is 0 Å². The van der Waals surface area contributed by atoms with Crippen LogP contribution in [0.15, 0.2) is 0 Å². The lowest BCUT2D eigenvalue weighted by molar-refractivity contribution is 0.451. The number of hydrogen-bond acceptors (Lipinski definition) is 2. The van der Waals surface area contributed by atoms with Crippen LogP contribution in [0.5, 0.6) is 0 Å². The van der Waals surface area contributed by atoms with Gasteiger partial charge in [-0.05, 0) is 37.4 Å². The molecule has 0 radical (unpaired) electrons. The van der Waals surface area contributed by atoms with Gasteiger partial charge in [-0.25, -0.2) is 0 Å². The molecule has 0 amide bonds. The molecule has 2 heterocycles. The van der Waals surface area contributed by atoms with Crippen LogP contribution in [0.1, 0.15) is 38.5 Å². The normalized spacial score (nSPS) is 35.5. The van der Waals surface area contributed by atoms with E-state index >= 15 is 0 Å². The number of fused-ring (bicyclic) bond motifs is 1. The maximum Gasteiger partial charge on any atom is 0.121 e. The lowest BCUT2D eigenvalue weighted by atomic mass is 10.0. The summed E-state index contributed by atoms with van der Waals surface area (Å²) in [4.78, 5) is 19.6. The van der Waals surface area contributed by atoms with Crippen molar-refractivity contribution in [2.75, 3.05) is 0 Å². The first-order valence-corrected chi connectivity index (χ1v) is 6.17. The minimum absolute atomic E-state index is 0.250. The predicted octanol–water partition coefficient (Wildman–Crippen LogP) is 1.73. The Kier molecular flexibility index (Phi) is 1.87. The molecule has 2 aliphatic heterocycles. The summed E-state index contributed by atoms with van der Waals surface area (Å²) in [6.45, 7) is 0. The van der Waals surface area contributed by atoms with Crippen LogP contribution in [0.3, 0.4) is 0 Å². The first-order chi connectivity index (χ1) is 5.21.